The summed E-state index contributed by atoms with van der Waals surface area (Å²) in [5, 5.41) is 2.83. The Balaban J connectivity index is 1.55. The molecule has 4 rings (SSSR count). The highest BCUT2D eigenvalue weighted by Crippen LogP contribution is 2.34. The lowest BCUT2D eigenvalue weighted by atomic mass is 9.98. The van der Waals surface area contributed by atoms with Crippen molar-refractivity contribution in [3.63, 3.8) is 0 Å². The Kier molecular flexibility index (Phi) is 6.98. The number of pyridine rings is 1. The fourth-order valence-corrected chi connectivity index (χ4v) is 4.89. The number of carbonyl (C=O) groups is 1. The maximum absolute atomic E-state index is 12.7. The number of nitrogens with zero attached hydrogens (tertiary/aromatic N) is 1. The van der Waals surface area contributed by atoms with E-state index >= 15 is 0 Å². The zero-order chi connectivity index (χ0) is 25.0. The normalized spacial score (nSPS) is 11.2. The van der Waals surface area contributed by atoms with Gasteiger partial charge in [-0.2, -0.15) is 0 Å². The third kappa shape index (κ3) is 5.58. The minimum absolute atomic E-state index is 0.152. The number of amides is 1. The number of carbonyl (C=O) groups excluding carboxylic acids is 1. The van der Waals surface area contributed by atoms with Crippen molar-refractivity contribution >= 4 is 15.7 Å². The Morgan fingerprint density at radius 3 is 2.37 bits per heavy atom. The average molecular weight is 487 g/mol. The molecule has 7 heteroatoms. The van der Waals surface area contributed by atoms with E-state index in [0.29, 0.717) is 11.3 Å². The minimum Gasteiger partial charge on any atom is -0.496 e. The monoisotopic (exact) mass is 486 g/mol. The van der Waals surface area contributed by atoms with Crippen LogP contribution < -0.4 is 10.1 Å². The predicted molar refractivity (Wildman–Crippen MR) is 137 cm³/mol. The molecule has 0 radical (unpaired) electrons. The van der Waals surface area contributed by atoms with Crippen molar-refractivity contribution in [1.82, 2.24) is 10.3 Å². The molecule has 0 atom stereocenters. The summed E-state index contributed by atoms with van der Waals surface area (Å²) in [5.74, 6) is 0.422. The van der Waals surface area contributed by atoms with Crippen LogP contribution >= 0.6 is 0 Å². The number of aromatic nitrogens is 1. The molecule has 0 bridgehead atoms. The molecule has 4 aromatic rings. The Bertz CT molecular complexity index is 1480. The molecule has 6 nitrogen and oxygen atoms in total. The molecule has 1 aromatic heterocycles. The number of nitrogens with one attached hydrogen (secondary N) is 1. The van der Waals surface area contributed by atoms with Crippen molar-refractivity contribution in [2.75, 3.05) is 13.4 Å². The van der Waals surface area contributed by atoms with E-state index in [9.17, 15) is 13.2 Å². The van der Waals surface area contributed by atoms with Gasteiger partial charge >= 0.3 is 0 Å². The SMILES string of the molecule is COc1ccc(-c2ccnc(CNC(=O)c3ccc(C)c(S(C)(=O)=O)c3)c2)cc1-c1ccccc1. The van der Waals surface area contributed by atoms with E-state index in [2.05, 4.69) is 16.4 Å². The topological polar surface area (TPSA) is 85.4 Å². The second-order valence-electron chi connectivity index (χ2n) is 8.25. The lowest BCUT2D eigenvalue weighted by Gasteiger charge is -2.12. The van der Waals surface area contributed by atoms with Gasteiger partial charge in [0.1, 0.15) is 5.75 Å². The van der Waals surface area contributed by atoms with Gasteiger partial charge in [0.25, 0.3) is 5.91 Å². The van der Waals surface area contributed by atoms with Gasteiger partial charge in [-0.15, -0.1) is 0 Å². The van der Waals surface area contributed by atoms with E-state index < -0.39 is 9.84 Å². The van der Waals surface area contributed by atoms with Gasteiger partial charge in [-0.3, -0.25) is 9.78 Å². The summed E-state index contributed by atoms with van der Waals surface area (Å²) >= 11 is 0. The van der Waals surface area contributed by atoms with E-state index in [1.807, 2.05) is 54.6 Å². The van der Waals surface area contributed by atoms with Crippen molar-refractivity contribution in [2.24, 2.45) is 0 Å². The summed E-state index contributed by atoms with van der Waals surface area (Å²) in [7, 11) is -1.77. The fraction of sp³-hybridized carbons (Fsp3) is 0.143. The van der Waals surface area contributed by atoms with Crippen LogP contribution in [-0.4, -0.2) is 32.7 Å². The van der Waals surface area contributed by atoms with Crippen LogP contribution in [0.1, 0.15) is 21.6 Å². The maximum Gasteiger partial charge on any atom is 0.251 e. The van der Waals surface area contributed by atoms with E-state index in [-0.39, 0.29) is 22.9 Å². The summed E-state index contributed by atoms with van der Waals surface area (Å²) in [6.07, 6.45) is 2.84. The van der Waals surface area contributed by atoms with Crippen LogP contribution in [0.25, 0.3) is 22.3 Å². The molecule has 3 aromatic carbocycles. The third-order valence-corrected chi connectivity index (χ3v) is 6.95. The second-order valence-corrected chi connectivity index (χ2v) is 10.2. The molecule has 0 fully saturated rings. The number of benzene rings is 3. The molecule has 0 spiro atoms. The van der Waals surface area contributed by atoms with Gasteiger partial charge in [0.05, 0.1) is 24.2 Å². The van der Waals surface area contributed by atoms with Crippen LogP contribution in [-0.2, 0) is 16.4 Å². The van der Waals surface area contributed by atoms with Crippen LogP contribution in [0, 0.1) is 6.92 Å². The molecule has 1 N–H and O–H groups in total. The van der Waals surface area contributed by atoms with E-state index in [0.717, 1.165) is 34.3 Å². The van der Waals surface area contributed by atoms with Gasteiger partial charge in [-0.1, -0.05) is 42.5 Å². The molecule has 1 amide bonds. The van der Waals surface area contributed by atoms with E-state index in [1.165, 1.54) is 6.07 Å². The molecule has 35 heavy (non-hydrogen) atoms. The van der Waals surface area contributed by atoms with Crippen LogP contribution in [0.15, 0.2) is 90.0 Å². The van der Waals surface area contributed by atoms with Crippen molar-refractivity contribution < 1.29 is 17.9 Å². The third-order valence-electron chi connectivity index (χ3n) is 5.71. The second kappa shape index (κ2) is 10.1. The highest BCUT2D eigenvalue weighted by molar-refractivity contribution is 7.90. The van der Waals surface area contributed by atoms with Gasteiger partial charge in [-0.05, 0) is 65.6 Å². The smallest absolute Gasteiger partial charge is 0.251 e. The fourth-order valence-electron chi connectivity index (χ4n) is 3.90. The summed E-state index contributed by atoms with van der Waals surface area (Å²) in [6, 6.07) is 24.5. The molecule has 0 unspecified atom stereocenters. The van der Waals surface area contributed by atoms with E-state index in [1.54, 1.807) is 32.4 Å². The highest BCUT2D eigenvalue weighted by atomic mass is 32.2. The van der Waals surface area contributed by atoms with Crippen LogP contribution in [0.5, 0.6) is 5.75 Å². The molecular formula is C28H26N2O4S. The molecule has 0 saturated heterocycles. The Morgan fingerprint density at radius 2 is 1.66 bits per heavy atom. The van der Waals surface area contributed by atoms with Gasteiger partial charge in [0.2, 0.25) is 0 Å². The molecule has 1 heterocycles. The zero-order valence-electron chi connectivity index (χ0n) is 19.8. The van der Waals surface area contributed by atoms with Crippen LogP contribution in [0.3, 0.4) is 0 Å². The standard InChI is InChI=1S/C28H26N2O4S/c1-19-9-10-23(17-27(19)35(3,32)33)28(31)30-18-24-15-22(13-14-29-24)21-11-12-26(34-2)25(16-21)20-7-5-4-6-8-20/h4-17H,18H2,1-3H3,(H,30,31). The largest absolute Gasteiger partial charge is 0.496 e. The number of rotatable bonds is 7. The number of methoxy groups -OCH3 is 1. The zero-order valence-corrected chi connectivity index (χ0v) is 20.6. The quantitative estimate of drug-likeness (QED) is 0.394. The molecule has 178 valence electrons. The summed E-state index contributed by atoms with van der Waals surface area (Å²) < 4.78 is 29.5. The maximum atomic E-state index is 12.7. The Labute approximate surface area is 205 Å². The first kappa shape index (κ1) is 24.2. The molecule has 0 saturated carbocycles. The van der Waals surface area contributed by atoms with Gasteiger partial charge in [0, 0.05) is 23.6 Å². The number of sulfone groups is 1. The first-order valence-electron chi connectivity index (χ1n) is 11.0. The number of ether oxygens (including phenoxy) is 1. The number of hydrogen-bond acceptors (Lipinski definition) is 5. The lowest BCUT2D eigenvalue weighted by molar-refractivity contribution is 0.0950. The molecule has 0 aliphatic rings. The predicted octanol–water partition coefficient (Wildman–Crippen LogP) is 5.07. The summed E-state index contributed by atoms with van der Waals surface area (Å²) in [4.78, 5) is 17.2. The first-order valence-corrected chi connectivity index (χ1v) is 12.9. The number of hydrogen-bond donors (Lipinski definition) is 1. The Hall–Kier alpha value is -3.97. The van der Waals surface area contributed by atoms with Crippen molar-refractivity contribution in [2.45, 2.75) is 18.4 Å². The summed E-state index contributed by atoms with van der Waals surface area (Å²) in [6.45, 7) is 1.91. The van der Waals surface area contributed by atoms with Crippen molar-refractivity contribution in [1.29, 1.82) is 0 Å². The van der Waals surface area contributed by atoms with Crippen LogP contribution in [0.4, 0.5) is 0 Å². The van der Waals surface area contributed by atoms with Crippen molar-refractivity contribution in [3.05, 3.63) is 102 Å². The molecule has 0 aliphatic carbocycles. The van der Waals surface area contributed by atoms with Gasteiger partial charge in [-0.25, -0.2) is 8.42 Å². The average Bonchev–Trinajstić information content (AvgIpc) is 2.87. The first-order chi connectivity index (χ1) is 16.8. The lowest BCUT2D eigenvalue weighted by Crippen LogP contribution is -2.23. The summed E-state index contributed by atoms with van der Waals surface area (Å²) in [5.41, 5.74) is 5.57. The highest BCUT2D eigenvalue weighted by Gasteiger charge is 2.15. The molecular weight excluding hydrogens is 460 g/mol. The van der Waals surface area contributed by atoms with Gasteiger partial charge in [0.15, 0.2) is 9.84 Å². The van der Waals surface area contributed by atoms with Gasteiger partial charge < -0.3 is 10.1 Å². The van der Waals surface area contributed by atoms with Crippen molar-refractivity contribution in [3.8, 4) is 28.0 Å². The number of aryl methyl sites for hydroxylation is 1. The Morgan fingerprint density at radius 1 is 0.914 bits per heavy atom. The van der Waals surface area contributed by atoms with Crippen LogP contribution in [0.2, 0.25) is 0 Å². The molecule has 0 aliphatic heterocycles. The minimum atomic E-state index is -3.42. The van der Waals surface area contributed by atoms with E-state index in [4.69, 9.17) is 4.74 Å².